The standard InChI is InChI=1S/C24H17F3N2O3S/c25-24(26,27)17-10-12-18(13-11-17)29-33(31,32)22-15-14-21(19-8-4-5-9-20(19)22)28-23(30)16-6-2-1-3-7-16/h1-15,29H,(H,28,30). The zero-order valence-electron chi connectivity index (χ0n) is 16.9. The van der Waals surface area contributed by atoms with Crippen LogP contribution in [-0.2, 0) is 16.2 Å². The summed E-state index contributed by atoms with van der Waals surface area (Å²) in [6.45, 7) is 0. The van der Waals surface area contributed by atoms with Gasteiger partial charge in [-0.2, -0.15) is 13.2 Å². The van der Waals surface area contributed by atoms with E-state index in [4.69, 9.17) is 0 Å². The van der Waals surface area contributed by atoms with E-state index in [-0.39, 0.29) is 16.5 Å². The number of benzene rings is 4. The molecular formula is C24H17F3N2O3S. The quantitative estimate of drug-likeness (QED) is 0.381. The highest BCUT2D eigenvalue weighted by Gasteiger charge is 2.30. The fraction of sp³-hybridized carbons (Fsp3) is 0.0417. The minimum absolute atomic E-state index is 0.00598. The van der Waals surface area contributed by atoms with Crippen molar-refractivity contribution in [1.82, 2.24) is 0 Å². The smallest absolute Gasteiger partial charge is 0.321 e. The van der Waals surface area contributed by atoms with Gasteiger partial charge in [-0.3, -0.25) is 9.52 Å². The van der Waals surface area contributed by atoms with Crippen molar-refractivity contribution in [3.8, 4) is 0 Å². The Kier molecular flexibility index (Phi) is 5.82. The van der Waals surface area contributed by atoms with Crippen molar-refractivity contribution in [3.63, 3.8) is 0 Å². The van der Waals surface area contributed by atoms with Crippen LogP contribution in [0, 0.1) is 0 Å². The zero-order chi connectivity index (χ0) is 23.6. The number of carbonyl (C=O) groups is 1. The predicted molar refractivity (Wildman–Crippen MR) is 121 cm³/mol. The normalized spacial score (nSPS) is 11.8. The van der Waals surface area contributed by atoms with Gasteiger partial charge in [-0.05, 0) is 48.5 Å². The highest BCUT2D eigenvalue weighted by atomic mass is 32.2. The average Bonchev–Trinajstić information content (AvgIpc) is 2.79. The maximum absolute atomic E-state index is 13.0. The molecule has 9 heteroatoms. The molecule has 0 aromatic heterocycles. The van der Waals surface area contributed by atoms with Crippen LogP contribution in [0.3, 0.4) is 0 Å². The van der Waals surface area contributed by atoms with Gasteiger partial charge in [0.2, 0.25) is 0 Å². The topological polar surface area (TPSA) is 75.3 Å². The first-order valence-electron chi connectivity index (χ1n) is 9.73. The van der Waals surface area contributed by atoms with Crippen molar-refractivity contribution in [1.29, 1.82) is 0 Å². The fourth-order valence-corrected chi connectivity index (χ4v) is 4.61. The number of hydrogen-bond donors (Lipinski definition) is 2. The number of sulfonamides is 1. The van der Waals surface area contributed by atoms with Gasteiger partial charge in [0.15, 0.2) is 0 Å². The Morgan fingerprint density at radius 2 is 1.33 bits per heavy atom. The number of halogens is 3. The molecule has 0 fully saturated rings. The summed E-state index contributed by atoms with van der Waals surface area (Å²) in [5.41, 5.74) is -0.0156. The van der Waals surface area contributed by atoms with Crippen LogP contribution in [0.1, 0.15) is 15.9 Å². The van der Waals surface area contributed by atoms with Crippen LogP contribution in [0.2, 0.25) is 0 Å². The number of carbonyl (C=O) groups excluding carboxylic acids is 1. The molecule has 0 saturated heterocycles. The number of hydrogen-bond acceptors (Lipinski definition) is 3. The molecular weight excluding hydrogens is 453 g/mol. The highest BCUT2D eigenvalue weighted by Crippen LogP contribution is 2.32. The van der Waals surface area contributed by atoms with Gasteiger partial charge >= 0.3 is 6.18 Å². The maximum Gasteiger partial charge on any atom is 0.416 e. The zero-order valence-corrected chi connectivity index (χ0v) is 17.7. The highest BCUT2D eigenvalue weighted by molar-refractivity contribution is 7.93. The Morgan fingerprint density at radius 3 is 1.97 bits per heavy atom. The van der Waals surface area contributed by atoms with E-state index in [1.807, 2.05) is 0 Å². The van der Waals surface area contributed by atoms with E-state index in [2.05, 4.69) is 10.0 Å². The second-order valence-electron chi connectivity index (χ2n) is 7.16. The second kappa shape index (κ2) is 8.59. The molecule has 2 N–H and O–H groups in total. The van der Waals surface area contributed by atoms with Crippen molar-refractivity contribution in [2.45, 2.75) is 11.1 Å². The summed E-state index contributed by atoms with van der Waals surface area (Å²) < 4.78 is 66.7. The van der Waals surface area contributed by atoms with Crippen LogP contribution in [0.4, 0.5) is 24.5 Å². The molecule has 0 atom stereocenters. The first-order valence-corrected chi connectivity index (χ1v) is 11.2. The third-order valence-corrected chi connectivity index (χ3v) is 6.36. The predicted octanol–water partition coefficient (Wildman–Crippen LogP) is 5.91. The third-order valence-electron chi connectivity index (χ3n) is 4.92. The Bertz CT molecular complexity index is 1420. The van der Waals surface area contributed by atoms with Crippen LogP contribution < -0.4 is 10.0 Å². The molecule has 0 spiro atoms. The van der Waals surface area contributed by atoms with Crippen LogP contribution in [0.5, 0.6) is 0 Å². The maximum atomic E-state index is 13.0. The summed E-state index contributed by atoms with van der Waals surface area (Å²) in [7, 11) is -4.13. The van der Waals surface area contributed by atoms with Crippen LogP contribution in [0.25, 0.3) is 10.8 Å². The first kappa shape index (κ1) is 22.3. The second-order valence-corrected chi connectivity index (χ2v) is 8.81. The van der Waals surface area contributed by atoms with Crippen LogP contribution in [-0.4, -0.2) is 14.3 Å². The Balaban J connectivity index is 1.67. The van der Waals surface area contributed by atoms with Gasteiger partial charge in [-0.25, -0.2) is 8.42 Å². The summed E-state index contributed by atoms with van der Waals surface area (Å²) in [6.07, 6.45) is -4.52. The molecule has 0 aliphatic rings. The molecule has 0 radical (unpaired) electrons. The molecule has 33 heavy (non-hydrogen) atoms. The van der Waals surface area contributed by atoms with Crippen molar-refractivity contribution >= 4 is 38.1 Å². The van der Waals surface area contributed by atoms with Gasteiger partial charge in [0.1, 0.15) is 0 Å². The van der Waals surface area contributed by atoms with E-state index in [0.29, 0.717) is 22.0 Å². The summed E-state index contributed by atoms with van der Waals surface area (Å²) in [5.74, 6) is -0.348. The molecule has 0 bridgehead atoms. The number of alkyl halides is 3. The first-order chi connectivity index (χ1) is 15.6. The monoisotopic (exact) mass is 470 g/mol. The molecule has 0 unspecified atom stereocenters. The lowest BCUT2D eigenvalue weighted by atomic mass is 10.1. The minimum atomic E-state index is -4.52. The lowest BCUT2D eigenvalue weighted by Crippen LogP contribution is -2.15. The molecule has 4 aromatic rings. The van der Waals surface area contributed by atoms with Gasteiger partial charge in [0.05, 0.1) is 10.5 Å². The molecule has 1 amide bonds. The lowest BCUT2D eigenvalue weighted by Gasteiger charge is -2.14. The molecule has 0 aliphatic heterocycles. The van der Waals surface area contributed by atoms with Crippen molar-refractivity contribution in [2.75, 3.05) is 10.0 Å². The van der Waals surface area contributed by atoms with Crippen molar-refractivity contribution < 1.29 is 26.4 Å². The number of anilines is 2. The van der Waals surface area contributed by atoms with E-state index in [1.165, 1.54) is 12.1 Å². The van der Waals surface area contributed by atoms with Crippen molar-refractivity contribution in [3.05, 3.63) is 102 Å². The number of rotatable bonds is 5. The van der Waals surface area contributed by atoms with E-state index in [9.17, 15) is 26.4 Å². The van der Waals surface area contributed by atoms with Gasteiger partial charge in [0.25, 0.3) is 15.9 Å². The van der Waals surface area contributed by atoms with Crippen LogP contribution in [0.15, 0.2) is 95.9 Å². The van der Waals surface area contributed by atoms with Gasteiger partial charge < -0.3 is 5.32 Å². The number of amides is 1. The third kappa shape index (κ3) is 4.83. The van der Waals surface area contributed by atoms with E-state index in [1.54, 1.807) is 54.6 Å². The molecule has 0 aliphatic carbocycles. The summed E-state index contributed by atoms with van der Waals surface area (Å²) in [6, 6.07) is 21.7. The largest absolute Gasteiger partial charge is 0.416 e. The molecule has 5 nitrogen and oxygen atoms in total. The summed E-state index contributed by atoms with van der Waals surface area (Å²) >= 11 is 0. The SMILES string of the molecule is O=C(Nc1ccc(S(=O)(=O)Nc2ccc(C(F)(F)F)cc2)c2ccccc12)c1ccccc1. The van der Waals surface area contributed by atoms with E-state index >= 15 is 0 Å². The fourth-order valence-electron chi connectivity index (χ4n) is 3.34. The minimum Gasteiger partial charge on any atom is -0.321 e. The lowest BCUT2D eigenvalue weighted by molar-refractivity contribution is -0.137. The Hall–Kier alpha value is -3.85. The number of nitrogens with one attached hydrogen (secondary N) is 2. The molecule has 0 saturated carbocycles. The Labute approximate surface area is 187 Å². The molecule has 168 valence electrons. The summed E-state index contributed by atoms with van der Waals surface area (Å²) in [5, 5.41) is 3.64. The van der Waals surface area contributed by atoms with Gasteiger partial charge in [-0.1, -0.05) is 42.5 Å². The molecule has 4 rings (SSSR count). The van der Waals surface area contributed by atoms with Crippen molar-refractivity contribution in [2.24, 2.45) is 0 Å². The summed E-state index contributed by atoms with van der Waals surface area (Å²) in [4.78, 5) is 12.5. The van der Waals surface area contributed by atoms with Gasteiger partial charge in [0, 0.05) is 27.7 Å². The molecule has 0 heterocycles. The van der Waals surface area contributed by atoms with Gasteiger partial charge in [-0.15, -0.1) is 0 Å². The van der Waals surface area contributed by atoms with Crippen LogP contribution >= 0.6 is 0 Å². The molecule has 4 aromatic carbocycles. The average molecular weight is 470 g/mol. The van der Waals surface area contributed by atoms with E-state index in [0.717, 1.165) is 24.3 Å². The van der Waals surface area contributed by atoms with E-state index < -0.39 is 21.8 Å². The Morgan fingerprint density at radius 1 is 0.727 bits per heavy atom. The number of fused-ring (bicyclic) bond motifs is 1.